The molecule has 0 amide bonds. The lowest BCUT2D eigenvalue weighted by molar-refractivity contribution is 0.505. The molecule has 0 aliphatic heterocycles. The van der Waals surface area contributed by atoms with E-state index < -0.39 is 10.8 Å². The maximum Gasteiger partial charge on any atom is 0.181 e. The van der Waals surface area contributed by atoms with Crippen LogP contribution in [0.5, 0.6) is 0 Å². The summed E-state index contributed by atoms with van der Waals surface area (Å²) in [6.45, 7) is 0. The van der Waals surface area contributed by atoms with Crippen LogP contribution in [-0.2, 0) is 17.8 Å². The maximum atomic E-state index is 13.1. The van der Waals surface area contributed by atoms with E-state index in [-0.39, 0.29) is 5.25 Å². The molecule has 7 nitrogen and oxygen atoms in total. The molecule has 0 radical (unpaired) electrons. The summed E-state index contributed by atoms with van der Waals surface area (Å²) >= 11 is 1.42. The number of hydrogen-bond donors (Lipinski definition) is 1. The van der Waals surface area contributed by atoms with Gasteiger partial charge in [-0.25, -0.2) is 15.0 Å². The smallest absolute Gasteiger partial charge is 0.181 e. The number of anilines is 1. The Bertz CT molecular complexity index is 1500. The quantitative estimate of drug-likeness (QED) is 0.422. The lowest BCUT2D eigenvalue weighted by Gasteiger charge is -2.23. The highest BCUT2D eigenvalue weighted by Gasteiger charge is 2.30. The van der Waals surface area contributed by atoms with Crippen LogP contribution in [0.1, 0.15) is 19.3 Å². The van der Waals surface area contributed by atoms with Crippen molar-refractivity contribution in [2.24, 2.45) is 7.05 Å². The molecule has 1 unspecified atom stereocenters. The van der Waals surface area contributed by atoms with E-state index in [4.69, 9.17) is 15.7 Å². The van der Waals surface area contributed by atoms with E-state index in [1.54, 1.807) is 10.9 Å². The summed E-state index contributed by atoms with van der Waals surface area (Å²) in [4.78, 5) is 15.0. The molecule has 1 saturated carbocycles. The monoisotopic (exact) mass is 460 g/mol. The van der Waals surface area contributed by atoms with E-state index in [0.717, 1.165) is 51.7 Å². The fourth-order valence-electron chi connectivity index (χ4n) is 3.98. The van der Waals surface area contributed by atoms with Crippen LogP contribution in [0.15, 0.2) is 53.0 Å². The molecule has 6 rings (SSSR count). The lowest BCUT2D eigenvalue weighted by atomic mass is 10.0. The molecule has 4 heterocycles. The summed E-state index contributed by atoms with van der Waals surface area (Å²) in [7, 11) is 0.756. The van der Waals surface area contributed by atoms with Gasteiger partial charge in [0.05, 0.1) is 27.6 Å². The second-order valence-corrected chi connectivity index (χ2v) is 11.0. The molecule has 1 aliphatic carbocycles. The topological polar surface area (TPSA) is 99.6 Å². The number of aromatic nitrogens is 5. The fourth-order valence-corrected chi connectivity index (χ4v) is 7.16. The fraction of sp³-hybridized carbons (Fsp3) is 0.217. The maximum absolute atomic E-state index is 13.1. The summed E-state index contributed by atoms with van der Waals surface area (Å²) < 4.78 is 15.6. The van der Waals surface area contributed by atoms with E-state index in [0.29, 0.717) is 21.4 Å². The molecule has 0 spiro atoms. The van der Waals surface area contributed by atoms with Gasteiger partial charge in [0.15, 0.2) is 11.5 Å². The standard InChI is InChI=1S/C23H20N6OS2/c1-29-12-15-10-14(11-25-20(15)28-29)21-26-19(13-6-3-2-4-7-13)17-18(24)23(31-22(17)27-21)32(30)16-8-5-9-16/h2-4,6-7,10-12,16H,5,8-9,24H2,1H3. The first kappa shape index (κ1) is 19.5. The van der Waals surface area contributed by atoms with Gasteiger partial charge >= 0.3 is 0 Å². The van der Waals surface area contributed by atoms with Crippen molar-refractivity contribution in [3.8, 4) is 22.6 Å². The summed E-state index contributed by atoms with van der Waals surface area (Å²) in [5.41, 5.74) is 10.3. The van der Waals surface area contributed by atoms with Crippen molar-refractivity contribution in [1.29, 1.82) is 0 Å². The minimum Gasteiger partial charge on any atom is -0.396 e. The van der Waals surface area contributed by atoms with Crippen LogP contribution in [0.3, 0.4) is 0 Å². The van der Waals surface area contributed by atoms with Crippen LogP contribution < -0.4 is 5.73 Å². The summed E-state index contributed by atoms with van der Waals surface area (Å²) in [5.74, 6) is 0.567. The van der Waals surface area contributed by atoms with Crippen molar-refractivity contribution in [3.05, 3.63) is 48.8 Å². The number of rotatable bonds is 4. The Hall–Kier alpha value is -3.17. The molecule has 1 aliphatic rings. The molecule has 160 valence electrons. The van der Waals surface area contributed by atoms with Crippen LogP contribution >= 0.6 is 11.3 Å². The highest BCUT2D eigenvalue weighted by molar-refractivity contribution is 7.88. The van der Waals surface area contributed by atoms with E-state index in [9.17, 15) is 4.21 Å². The molecule has 0 bridgehead atoms. The first-order chi connectivity index (χ1) is 15.6. The SMILES string of the molecule is Cn1cc2cc(-c3nc(-c4ccccc4)c4c(N)c(S(=O)C5CCC5)sc4n3)cnc2n1. The van der Waals surface area contributed by atoms with Crippen molar-refractivity contribution in [2.45, 2.75) is 28.7 Å². The molecule has 1 atom stereocenters. The molecule has 0 saturated heterocycles. The van der Waals surface area contributed by atoms with Gasteiger partial charge in [-0.2, -0.15) is 5.10 Å². The third-order valence-corrected chi connectivity index (χ3v) is 9.17. The van der Waals surface area contributed by atoms with Gasteiger partial charge in [0.1, 0.15) is 9.04 Å². The lowest BCUT2D eigenvalue weighted by Crippen LogP contribution is -2.23. The van der Waals surface area contributed by atoms with Gasteiger partial charge in [0.2, 0.25) is 0 Å². The number of nitrogen functional groups attached to an aromatic ring is 1. The highest BCUT2D eigenvalue weighted by atomic mass is 32.2. The number of fused-ring (bicyclic) bond motifs is 2. The molecule has 1 aromatic carbocycles. The van der Waals surface area contributed by atoms with Crippen molar-refractivity contribution >= 4 is 49.1 Å². The number of nitrogens with two attached hydrogens (primary N) is 1. The Labute approximate surface area is 190 Å². The number of hydrogen-bond acceptors (Lipinski definition) is 7. The minimum absolute atomic E-state index is 0.190. The van der Waals surface area contributed by atoms with Crippen LogP contribution in [0.2, 0.25) is 0 Å². The van der Waals surface area contributed by atoms with Crippen LogP contribution in [-0.4, -0.2) is 34.2 Å². The van der Waals surface area contributed by atoms with Crippen molar-refractivity contribution < 1.29 is 4.21 Å². The van der Waals surface area contributed by atoms with Gasteiger partial charge in [-0.15, -0.1) is 11.3 Å². The first-order valence-corrected chi connectivity index (χ1v) is 12.5. The Morgan fingerprint density at radius 2 is 1.97 bits per heavy atom. The molecule has 9 heteroatoms. The normalized spacial score (nSPS) is 15.3. The molecule has 1 fully saturated rings. The van der Waals surface area contributed by atoms with E-state index in [1.807, 2.05) is 49.6 Å². The second kappa shape index (κ2) is 7.46. The third-order valence-electron chi connectivity index (χ3n) is 5.87. The van der Waals surface area contributed by atoms with Gasteiger partial charge in [0, 0.05) is 41.2 Å². The molecule has 32 heavy (non-hydrogen) atoms. The Balaban J connectivity index is 1.58. The Morgan fingerprint density at radius 3 is 2.72 bits per heavy atom. The van der Waals surface area contributed by atoms with E-state index >= 15 is 0 Å². The van der Waals surface area contributed by atoms with Crippen LogP contribution in [0, 0.1) is 0 Å². The zero-order valence-electron chi connectivity index (χ0n) is 17.4. The van der Waals surface area contributed by atoms with Gasteiger partial charge < -0.3 is 5.73 Å². The number of nitrogens with zero attached hydrogens (tertiary/aromatic N) is 5. The summed E-state index contributed by atoms with van der Waals surface area (Å²) in [6.07, 6.45) is 6.77. The van der Waals surface area contributed by atoms with Crippen molar-refractivity contribution in [2.75, 3.05) is 5.73 Å². The second-order valence-electron chi connectivity index (χ2n) is 8.04. The van der Waals surface area contributed by atoms with E-state index in [2.05, 4.69) is 10.1 Å². The Morgan fingerprint density at radius 1 is 1.16 bits per heavy atom. The van der Waals surface area contributed by atoms with E-state index in [1.165, 1.54) is 11.3 Å². The predicted octanol–water partition coefficient (Wildman–Crippen LogP) is 4.55. The number of benzene rings is 1. The third kappa shape index (κ3) is 3.11. The largest absolute Gasteiger partial charge is 0.396 e. The first-order valence-electron chi connectivity index (χ1n) is 10.4. The molecule has 5 aromatic rings. The number of thiophene rings is 1. The van der Waals surface area contributed by atoms with Gasteiger partial charge in [-0.3, -0.25) is 8.89 Å². The highest BCUT2D eigenvalue weighted by Crippen LogP contribution is 2.43. The van der Waals surface area contributed by atoms with Gasteiger partial charge in [-0.05, 0) is 18.9 Å². The average Bonchev–Trinajstić information content (AvgIpc) is 3.30. The molecule has 4 aromatic heterocycles. The Kier molecular flexibility index (Phi) is 4.55. The number of pyridine rings is 1. The zero-order valence-corrected chi connectivity index (χ0v) is 19.0. The van der Waals surface area contributed by atoms with Gasteiger partial charge in [-0.1, -0.05) is 36.8 Å². The summed E-state index contributed by atoms with van der Waals surface area (Å²) in [5, 5.41) is 6.24. The molecular formula is C23H20N6OS2. The van der Waals surface area contributed by atoms with Crippen LogP contribution in [0.25, 0.3) is 43.9 Å². The summed E-state index contributed by atoms with van der Waals surface area (Å²) in [6, 6.07) is 11.9. The molecule has 2 N–H and O–H groups in total. The minimum atomic E-state index is -1.11. The molecular weight excluding hydrogens is 440 g/mol. The average molecular weight is 461 g/mol. The van der Waals surface area contributed by atoms with Crippen LogP contribution in [0.4, 0.5) is 5.69 Å². The number of aryl methyl sites for hydroxylation is 1. The predicted molar refractivity (Wildman–Crippen MR) is 129 cm³/mol. The van der Waals surface area contributed by atoms with Crippen molar-refractivity contribution in [1.82, 2.24) is 24.7 Å². The van der Waals surface area contributed by atoms with Crippen molar-refractivity contribution in [3.63, 3.8) is 0 Å². The zero-order chi connectivity index (χ0) is 21.8. The van der Waals surface area contributed by atoms with Gasteiger partial charge in [0.25, 0.3) is 0 Å².